The fourth-order valence-electron chi connectivity index (χ4n) is 4.00. The molecule has 164 valence electrons. The van der Waals surface area contributed by atoms with Crippen molar-refractivity contribution in [3.63, 3.8) is 0 Å². The van der Waals surface area contributed by atoms with Crippen LogP contribution < -0.4 is 0 Å². The lowest BCUT2D eigenvalue weighted by Crippen LogP contribution is -2.07. The van der Waals surface area contributed by atoms with Crippen molar-refractivity contribution in [1.82, 2.24) is 0 Å². The number of rotatable bonds is 6. The predicted octanol–water partition coefficient (Wildman–Crippen LogP) is 9.58. The fourth-order valence-corrected chi connectivity index (χ4v) is 4.38. The largest absolute Gasteiger partial charge is 0.0843 e. The summed E-state index contributed by atoms with van der Waals surface area (Å²) < 4.78 is 0. The van der Waals surface area contributed by atoms with Crippen LogP contribution in [0.25, 0.3) is 11.1 Å². The molecule has 4 aromatic rings. The highest BCUT2D eigenvalue weighted by Crippen LogP contribution is 2.36. The number of hydrogen-bond donors (Lipinski definition) is 0. The molecular formula is C31H26Cl2. The molecule has 2 heteroatoms. The maximum absolute atomic E-state index is 6.36. The fraction of sp³-hybridized carbons (Fsp3) is 0.0968. The third kappa shape index (κ3) is 6.05. The molecule has 0 heterocycles. The molecule has 0 saturated carbocycles. The minimum atomic E-state index is -0.263. The SMILES string of the molecule is CC(C)(C=C(c1ccccc1)c1ccccc1)C=C(c1cccc(Cl)c1)c1cccc(Cl)c1. The topological polar surface area (TPSA) is 0 Å². The summed E-state index contributed by atoms with van der Waals surface area (Å²) in [5, 5.41) is 1.42. The van der Waals surface area contributed by atoms with Crippen molar-refractivity contribution in [3.05, 3.63) is 154 Å². The monoisotopic (exact) mass is 468 g/mol. The van der Waals surface area contributed by atoms with E-state index in [4.69, 9.17) is 23.2 Å². The van der Waals surface area contributed by atoms with Gasteiger partial charge >= 0.3 is 0 Å². The van der Waals surface area contributed by atoms with Crippen LogP contribution in [0.1, 0.15) is 36.1 Å². The smallest absolute Gasteiger partial charge is 0.0412 e. The molecule has 0 atom stereocenters. The van der Waals surface area contributed by atoms with E-state index in [1.807, 2.05) is 48.5 Å². The molecule has 4 aromatic carbocycles. The van der Waals surface area contributed by atoms with Gasteiger partial charge in [0.05, 0.1) is 0 Å². The van der Waals surface area contributed by atoms with E-state index < -0.39 is 0 Å². The quantitative estimate of drug-likeness (QED) is 0.264. The second kappa shape index (κ2) is 10.3. The average Bonchev–Trinajstić information content (AvgIpc) is 2.82. The Hall–Kier alpha value is -3.06. The normalized spacial score (nSPS) is 11.0. The van der Waals surface area contributed by atoms with Gasteiger partial charge in [0, 0.05) is 15.5 Å². The Morgan fingerprint density at radius 2 is 0.879 bits per heavy atom. The molecule has 0 spiro atoms. The van der Waals surface area contributed by atoms with Crippen molar-refractivity contribution >= 4 is 34.3 Å². The van der Waals surface area contributed by atoms with E-state index in [0.29, 0.717) is 10.0 Å². The van der Waals surface area contributed by atoms with Gasteiger partial charge in [0.15, 0.2) is 0 Å². The molecule has 0 radical (unpaired) electrons. The van der Waals surface area contributed by atoms with E-state index in [1.165, 1.54) is 16.7 Å². The van der Waals surface area contributed by atoms with Crippen LogP contribution in [0.3, 0.4) is 0 Å². The molecule has 0 fully saturated rings. The first kappa shape index (κ1) is 23.1. The van der Waals surface area contributed by atoms with Crippen LogP contribution in [-0.4, -0.2) is 0 Å². The number of hydrogen-bond acceptors (Lipinski definition) is 0. The lowest BCUT2D eigenvalue weighted by Gasteiger charge is -2.22. The summed E-state index contributed by atoms with van der Waals surface area (Å²) in [5.74, 6) is 0. The summed E-state index contributed by atoms with van der Waals surface area (Å²) in [6, 6.07) is 37.0. The van der Waals surface area contributed by atoms with Gasteiger partial charge in [0.25, 0.3) is 0 Å². The zero-order valence-corrected chi connectivity index (χ0v) is 20.3. The van der Waals surface area contributed by atoms with Gasteiger partial charge in [-0.05, 0) is 57.7 Å². The van der Waals surface area contributed by atoms with Gasteiger partial charge in [-0.3, -0.25) is 0 Å². The van der Waals surface area contributed by atoms with Crippen LogP contribution in [-0.2, 0) is 0 Å². The highest BCUT2D eigenvalue weighted by molar-refractivity contribution is 6.31. The van der Waals surface area contributed by atoms with E-state index in [2.05, 4.69) is 86.7 Å². The molecule has 0 aliphatic heterocycles. The number of allylic oxidation sites excluding steroid dienone is 2. The second-order valence-electron chi connectivity index (χ2n) is 8.69. The van der Waals surface area contributed by atoms with E-state index in [-0.39, 0.29) is 5.41 Å². The minimum absolute atomic E-state index is 0.263. The zero-order valence-electron chi connectivity index (χ0n) is 18.8. The van der Waals surface area contributed by atoms with Gasteiger partial charge in [0.2, 0.25) is 0 Å². The van der Waals surface area contributed by atoms with E-state index >= 15 is 0 Å². The second-order valence-corrected chi connectivity index (χ2v) is 9.56. The van der Waals surface area contributed by atoms with Gasteiger partial charge in [-0.15, -0.1) is 0 Å². The van der Waals surface area contributed by atoms with E-state index in [9.17, 15) is 0 Å². The van der Waals surface area contributed by atoms with Gasteiger partial charge in [-0.1, -0.05) is 134 Å². The van der Waals surface area contributed by atoms with Gasteiger partial charge in [-0.2, -0.15) is 0 Å². The molecule has 0 nitrogen and oxygen atoms in total. The van der Waals surface area contributed by atoms with Crippen molar-refractivity contribution in [2.45, 2.75) is 13.8 Å². The van der Waals surface area contributed by atoms with Gasteiger partial charge < -0.3 is 0 Å². The summed E-state index contributed by atoms with van der Waals surface area (Å²) in [7, 11) is 0. The summed E-state index contributed by atoms with van der Waals surface area (Å²) in [4.78, 5) is 0. The highest BCUT2D eigenvalue weighted by Gasteiger charge is 2.18. The average molecular weight is 469 g/mol. The van der Waals surface area contributed by atoms with Crippen molar-refractivity contribution < 1.29 is 0 Å². The number of halogens is 2. The van der Waals surface area contributed by atoms with Crippen LogP contribution in [0.2, 0.25) is 10.0 Å². The minimum Gasteiger partial charge on any atom is -0.0843 e. The lowest BCUT2D eigenvalue weighted by atomic mass is 9.82. The molecule has 0 aliphatic carbocycles. The Labute approximate surface area is 206 Å². The lowest BCUT2D eigenvalue weighted by molar-refractivity contribution is 0.629. The molecule has 33 heavy (non-hydrogen) atoms. The molecule has 0 saturated heterocycles. The molecule has 0 aliphatic rings. The first-order valence-electron chi connectivity index (χ1n) is 11.0. The van der Waals surface area contributed by atoms with Crippen LogP contribution in [0, 0.1) is 5.41 Å². The predicted molar refractivity (Wildman–Crippen MR) is 144 cm³/mol. The Balaban J connectivity index is 1.88. The molecule has 0 bridgehead atoms. The molecular weight excluding hydrogens is 443 g/mol. The molecule has 0 N–H and O–H groups in total. The van der Waals surface area contributed by atoms with Gasteiger partial charge in [-0.25, -0.2) is 0 Å². The zero-order chi connectivity index (χ0) is 23.3. The summed E-state index contributed by atoms with van der Waals surface area (Å²) in [6.07, 6.45) is 4.64. The van der Waals surface area contributed by atoms with Crippen molar-refractivity contribution in [2.24, 2.45) is 5.41 Å². The third-order valence-electron chi connectivity index (χ3n) is 5.47. The number of benzene rings is 4. The Kier molecular flexibility index (Phi) is 7.18. The van der Waals surface area contributed by atoms with Crippen LogP contribution >= 0.6 is 23.2 Å². The van der Waals surface area contributed by atoms with E-state index in [0.717, 1.165) is 16.7 Å². The molecule has 0 unspecified atom stereocenters. The summed E-state index contributed by atoms with van der Waals surface area (Å²) in [6.45, 7) is 4.46. The van der Waals surface area contributed by atoms with Crippen molar-refractivity contribution in [1.29, 1.82) is 0 Å². The highest BCUT2D eigenvalue weighted by atomic mass is 35.5. The van der Waals surface area contributed by atoms with Crippen molar-refractivity contribution in [2.75, 3.05) is 0 Å². The third-order valence-corrected chi connectivity index (χ3v) is 5.94. The maximum atomic E-state index is 6.36. The summed E-state index contributed by atoms with van der Waals surface area (Å²) in [5.41, 5.74) is 6.55. The standard InChI is InChI=1S/C31H26Cl2/c1-31(2,21-29(23-11-5-3-6-12-23)24-13-7-4-8-14-24)22-30(25-15-9-17-27(32)19-25)26-16-10-18-28(33)20-26/h3-22H,1-2H3. The molecule has 0 amide bonds. The van der Waals surface area contributed by atoms with Crippen LogP contribution in [0.15, 0.2) is 121 Å². The van der Waals surface area contributed by atoms with Crippen LogP contribution in [0.4, 0.5) is 0 Å². The molecule has 0 aromatic heterocycles. The Morgan fingerprint density at radius 1 is 0.515 bits per heavy atom. The molecule has 4 rings (SSSR count). The van der Waals surface area contributed by atoms with Crippen LogP contribution in [0.5, 0.6) is 0 Å². The maximum Gasteiger partial charge on any atom is 0.0412 e. The van der Waals surface area contributed by atoms with Crippen molar-refractivity contribution in [3.8, 4) is 0 Å². The Bertz CT molecular complexity index is 1190. The summed E-state index contributed by atoms with van der Waals surface area (Å²) >= 11 is 12.7. The Morgan fingerprint density at radius 3 is 1.27 bits per heavy atom. The van der Waals surface area contributed by atoms with E-state index in [1.54, 1.807) is 0 Å². The first-order valence-corrected chi connectivity index (χ1v) is 11.8. The first-order chi connectivity index (χ1) is 15.9. The van der Waals surface area contributed by atoms with Gasteiger partial charge in [0.1, 0.15) is 0 Å².